The first kappa shape index (κ1) is 39.8. The summed E-state index contributed by atoms with van der Waals surface area (Å²) < 4.78 is 16.8. The quantitative estimate of drug-likeness (QED) is 0.270. The highest BCUT2D eigenvalue weighted by Crippen LogP contribution is 2.23. The van der Waals surface area contributed by atoms with E-state index in [-0.39, 0.29) is 25.7 Å². The molecule has 0 heterocycles. The summed E-state index contributed by atoms with van der Waals surface area (Å²) in [4.78, 5) is 42.2. The van der Waals surface area contributed by atoms with Crippen molar-refractivity contribution in [3.8, 4) is 0 Å². The molecule has 0 bridgehead atoms. The second-order valence-electron chi connectivity index (χ2n) is 15.5. The molecule has 0 aromatic carbocycles. The summed E-state index contributed by atoms with van der Waals surface area (Å²) in [5.41, 5.74) is -1.92. The van der Waals surface area contributed by atoms with E-state index >= 15 is 0 Å². The largest absolute Gasteiger partial charge is 0.444 e. The number of amides is 3. The van der Waals surface area contributed by atoms with Crippen molar-refractivity contribution in [1.82, 2.24) is 15.1 Å². The van der Waals surface area contributed by atoms with Crippen LogP contribution in [0.2, 0.25) is 0 Å². The van der Waals surface area contributed by atoms with Gasteiger partial charge in [0.1, 0.15) is 16.8 Å². The molecule has 0 aromatic heterocycles. The minimum absolute atomic E-state index is 0.198. The summed E-state index contributed by atoms with van der Waals surface area (Å²) in [6.45, 7) is 18.1. The molecule has 1 rings (SSSR count). The first-order valence-corrected chi connectivity index (χ1v) is 17.4. The third kappa shape index (κ3) is 21.5. The van der Waals surface area contributed by atoms with E-state index in [0.717, 1.165) is 12.8 Å². The average molecular weight is 626 g/mol. The van der Waals surface area contributed by atoms with Gasteiger partial charge in [0.25, 0.3) is 0 Å². The van der Waals surface area contributed by atoms with Crippen LogP contribution in [0.5, 0.6) is 0 Å². The van der Waals surface area contributed by atoms with Gasteiger partial charge in [0.15, 0.2) is 0 Å². The molecule has 1 aliphatic rings. The van der Waals surface area contributed by atoms with Crippen LogP contribution in [0.25, 0.3) is 0 Å². The molecule has 0 radical (unpaired) electrons. The normalized spacial score (nSPS) is 17.0. The molecule has 1 N–H and O–H groups in total. The zero-order valence-corrected chi connectivity index (χ0v) is 29.9. The van der Waals surface area contributed by atoms with E-state index in [1.165, 1.54) is 77.0 Å². The van der Waals surface area contributed by atoms with E-state index in [9.17, 15) is 14.4 Å². The maximum absolute atomic E-state index is 13.5. The van der Waals surface area contributed by atoms with Crippen molar-refractivity contribution < 1.29 is 28.6 Å². The van der Waals surface area contributed by atoms with Crippen LogP contribution in [0.4, 0.5) is 14.4 Å². The molecule has 1 aliphatic carbocycles. The van der Waals surface area contributed by atoms with Crippen LogP contribution < -0.4 is 5.32 Å². The van der Waals surface area contributed by atoms with Crippen molar-refractivity contribution in [2.75, 3.05) is 32.7 Å². The van der Waals surface area contributed by atoms with Gasteiger partial charge in [-0.1, -0.05) is 77.0 Å². The Morgan fingerprint density at radius 3 is 1.32 bits per heavy atom. The van der Waals surface area contributed by atoms with Crippen molar-refractivity contribution in [2.45, 2.75) is 169 Å². The molecule has 0 aromatic rings. The number of nitrogens with one attached hydrogen (secondary N) is 1. The molecule has 9 nitrogen and oxygen atoms in total. The summed E-state index contributed by atoms with van der Waals surface area (Å²) in [5.74, 6) is 0.386. The minimum atomic E-state index is -0.677. The van der Waals surface area contributed by atoms with E-state index in [4.69, 9.17) is 14.2 Å². The fourth-order valence-electron chi connectivity index (χ4n) is 5.33. The molecular weight excluding hydrogens is 558 g/mol. The third-order valence-corrected chi connectivity index (χ3v) is 7.45. The van der Waals surface area contributed by atoms with Crippen molar-refractivity contribution >= 4 is 18.3 Å². The molecule has 3 amide bonds. The number of hydrogen-bond acceptors (Lipinski definition) is 6. The molecule has 0 saturated heterocycles. The van der Waals surface area contributed by atoms with E-state index < -0.39 is 29.0 Å². The van der Waals surface area contributed by atoms with E-state index in [1.54, 1.807) is 30.6 Å². The predicted molar refractivity (Wildman–Crippen MR) is 178 cm³/mol. The Morgan fingerprint density at radius 2 is 0.909 bits per heavy atom. The fraction of sp³-hybridized carbons (Fsp3) is 0.914. The molecule has 1 fully saturated rings. The Morgan fingerprint density at radius 1 is 0.545 bits per heavy atom. The van der Waals surface area contributed by atoms with Gasteiger partial charge >= 0.3 is 18.3 Å². The van der Waals surface area contributed by atoms with Gasteiger partial charge in [0.05, 0.1) is 0 Å². The topological polar surface area (TPSA) is 97.4 Å². The summed E-state index contributed by atoms with van der Waals surface area (Å²) >= 11 is 0. The van der Waals surface area contributed by atoms with Crippen LogP contribution in [0.3, 0.4) is 0 Å². The molecule has 0 unspecified atom stereocenters. The zero-order valence-electron chi connectivity index (χ0n) is 29.9. The van der Waals surface area contributed by atoms with Gasteiger partial charge in [-0.15, -0.1) is 0 Å². The van der Waals surface area contributed by atoms with Gasteiger partial charge in [0.2, 0.25) is 0 Å². The van der Waals surface area contributed by atoms with E-state index in [2.05, 4.69) is 5.32 Å². The Hall–Kier alpha value is -2.19. The number of rotatable bonds is 8. The third-order valence-electron chi connectivity index (χ3n) is 7.45. The lowest BCUT2D eigenvalue weighted by Gasteiger charge is -2.33. The summed E-state index contributed by atoms with van der Waals surface area (Å²) in [7, 11) is 0. The number of carbonyl (C=O) groups excluding carboxylic acids is 3. The standard InChI is InChI=1S/C35H67N3O6/c1-33(2,3)42-30(39)36-24-25-37(31(40)43-34(4,5)6)26-27-38(32(41)44-35(7,8)9)28-29-22-20-18-16-14-12-10-11-13-15-17-19-21-23-29/h29H,10-28H2,1-9H3,(H,36,39). The lowest BCUT2D eigenvalue weighted by atomic mass is 9.93. The predicted octanol–water partition coefficient (Wildman–Crippen LogP) is 9.08. The van der Waals surface area contributed by atoms with Crippen molar-refractivity contribution in [3.63, 3.8) is 0 Å². The average Bonchev–Trinajstić information content (AvgIpc) is 2.86. The number of nitrogens with zero attached hydrogens (tertiary/aromatic N) is 2. The minimum Gasteiger partial charge on any atom is -0.444 e. The Labute approximate surface area is 269 Å². The highest BCUT2D eigenvalue weighted by Gasteiger charge is 2.28. The Kier molecular flexibility index (Phi) is 18.1. The number of carbonyl (C=O) groups is 3. The van der Waals surface area contributed by atoms with Gasteiger partial charge in [0, 0.05) is 32.7 Å². The molecule has 0 aliphatic heterocycles. The van der Waals surface area contributed by atoms with E-state index in [0.29, 0.717) is 19.0 Å². The number of ether oxygens (including phenoxy) is 3. The van der Waals surface area contributed by atoms with Crippen molar-refractivity contribution in [3.05, 3.63) is 0 Å². The highest BCUT2D eigenvalue weighted by molar-refractivity contribution is 5.70. The summed E-state index contributed by atoms with van der Waals surface area (Å²) in [5, 5.41) is 2.72. The lowest BCUT2D eigenvalue weighted by Crippen LogP contribution is -2.47. The maximum atomic E-state index is 13.5. The first-order chi connectivity index (χ1) is 20.5. The smallest absolute Gasteiger partial charge is 0.410 e. The monoisotopic (exact) mass is 626 g/mol. The Balaban J connectivity index is 3.01. The molecule has 0 atom stereocenters. The highest BCUT2D eigenvalue weighted by atomic mass is 16.6. The molecule has 9 heteroatoms. The number of alkyl carbamates (subject to hydrolysis) is 1. The molecule has 258 valence electrons. The van der Waals surface area contributed by atoms with Crippen LogP contribution in [0.15, 0.2) is 0 Å². The van der Waals surface area contributed by atoms with Crippen LogP contribution in [-0.2, 0) is 14.2 Å². The van der Waals surface area contributed by atoms with Gasteiger partial charge in [-0.3, -0.25) is 0 Å². The second kappa shape index (κ2) is 20.0. The van der Waals surface area contributed by atoms with Crippen molar-refractivity contribution in [1.29, 1.82) is 0 Å². The summed E-state index contributed by atoms with van der Waals surface area (Å²) in [6.07, 6.45) is 16.2. The van der Waals surface area contributed by atoms with E-state index in [1.807, 2.05) is 41.5 Å². The van der Waals surface area contributed by atoms with Crippen LogP contribution in [-0.4, -0.2) is 77.6 Å². The maximum Gasteiger partial charge on any atom is 0.410 e. The van der Waals surface area contributed by atoms with Crippen LogP contribution in [0, 0.1) is 5.92 Å². The fourth-order valence-corrected chi connectivity index (χ4v) is 5.33. The SMILES string of the molecule is CC(C)(C)OC(=O)NCCN(CCN(CC1CCCCCCCCCCCCCC1)C(=O)OC(C)(C)C)C(=O)OC(C)(C)C. The Bertz CT molecular complexity index is 812. The number of hydrogen-bond donors (Lipinski definition) is 1. The van der Waals surface area contributed by atoms with Gasteiger partial charge in [-0.25, -0.2) is 14.4 Å². The molecule has 44 heavy (non-hydrogen) atoms. The second-order valence-corrected chi connectivity index (χ2v) is 15.5. The van der Waals surface area contributed by atoms with Crippen LogP contribution in [0.1, 0.15) is 152 Å². The lowest BCUT2D eigenvalue weighted by molar-refractivity contribution is 0.0109. The zero-order chi connectivity index (χ0) is 33.2. The first-order valence-electron chi connectivity index (χ1n) is 17.4. The van der Waals surface area contributed by atoms with Gasteiger partial charge in [-0.2, -0.15) is 0 Å². The molecule has 0 spiro atoms. The van der Waals surface area contributed by atoms with Gasteiger partial charge < -0.3 is 29.3 Å². The van der Waals surface area contributed by atoms with Gasteiger partial charge in [-0.05, 0) is 81.1 Å². The summed E-state index contributed by atoms with van der Waals surface area (Å²) in [6, 6.07) is 0. The molecular formula is C35H67N3O6. The van der Waals surface area contributed by atoms with Crippen molar-refractivity contribution in [2.24, 2.45) is 5.92 Å². The molecule has 1 saturated carbocycles. The van der Waals surface area contributed by atoms with Crippen LogP contribution >= 0.6 is 0 Å².